The molecule has 0 fully saturated rings. The molecule has 0 spiro atoms. The number of rotatable bonds is 9. The zero-order valence-electron chi connectivity index (χ0n) is 21.5. The molecule has 2 aromatic rings. The zero-order chi connectivity index (χ0) is 29.1. The molecule has 0 saturated carbocycles. The summed E-state index contributed by atoms with van der Waals surface area (Å²) in [7, 11) is 1.29. The highest BCUT2D eigenvalue weighted by molar-refractivity contribution is 6.31. The van der Waals surface area contributed by atoms with Gasteiger partial charge in [-0.25, -0.2) is 19.2 Å². The Hall–Kier alpha value is -4.20. The lowest BCUT2D eigenvalue weighted by Gasteiger charge is -2.31. The van der Waals surface area contributed by atoms with Gasteiger partial charge in [0.25, 0.3) is 5.56 Å². The Morgan fingerprint density at radius 3 is 2.36 bits per heavy atom. The summed E-state index contributed by atoms with van der Waals surface area (Å²) in [5.41, 5.74) is 5.73. The van der Waals surface area contributed by atoms with Crippen molar-refractivity contribution >= 4 is 29.5 Å². The van der Waals surface area contributed by atoms with Crippen LogP contribution in [0.1, 0.15) is 35.8 Å². The molecular formula is C25H29ClN4O9. The van der Waals surface area contributed by atoms with Gasteiger partial charge in [0.2, 0.25) is 0 Å². The molecule has 0 bridgehead atoms. The van der Waals surface area contributed by atoms with Crippen molar-refractivity contribution in [1.82, 2.24) is 15.3 Å². The van der Waals surface area contributed by atoms with Crippen LogP contribution >= 0.6 is 11.6 Å². The maximum Gasteiger partial charge on any atom is 0.352 e. The molecule has 1 aromatic heterocycles. The van der Waals surface area contributed by atoms with E-state index in [1.54, 1.807) is 38.1 Å². The summed E-state index contributed by atoms with van der Waals surface area (Å²) in [5, 5.41) is 11.8. The first-order valence-corrected chi connectivity index (χ1v) is 12.0. The number of hydrogen-bond donors (Lipinski definition) is 5. The molecule has 0 radical (unpaired) electrons. The first-order chi connectivity index (χ1) is 18.5. The van der Waals surface area contributed by atoms with Gasteiger partial charge in [-0.05, 0) is 25.5 Å². The summed E-state index contributed by atoms with van der Waals surface area (Å²) in [6.07, 6.45) is 0. The number of carboxylic acid groups (broad SMARTS) is 1. The van der Waals surface area contributed by atoms with E-state index in [2.05, 4.69) is 5.32 Å². The first kappa shape index (κ1) is 31.0. The number of methoxy groups -OCH3 is 1. The third kappa shape index (κ3) is 8.14. The van der Waals surface area contributed by atoms with Crippen molar-refractivity contribution in [2.75, 3.05) is 33.5 Å². The molecule has 39 heavy (non-hydrogen) atoms. The number of carboxylic acids is 1. The number of aromatic amines is 2. The number of esters is 2. The molecule has 1 atom stereocenters. The highest BCUT2D eigenvalue weighted by Crippen LogP contribution is 2.41. The minimum atomic E-state index is -1.34. The second-order valence-corrected chi connectivity index (χ2v) is 8.28. The van der Waals surface area contributed by atoms with Crippen molar-refractivity contribution in [2.24, 2.45) is 5.73 Å². The smallest absolute Gasteiger partial charge is 0.352 e. The Balaban J connectivity index is 0.000000404. The standard InChI is InChI=1S/C20H25ClN2O5.C5H4N2O4/c1-4-28-20(25)18-15(11-27-10-9-22)23-12(2)16(19(24)26-3)17(18)13-7-5-6-8-14(13)21;8-3-1-2(4(9)10)6-5(11)7-3/h5-8,17,23H,4,9-11,22H2,1-3H3;1H,(H,9,10)(H2,6,7,8,11). The van der Waals surface area contributed by atoms with E-state index in [1.807, 2.05) is 9.97 Å². The second-order valence-electron chi connectivity index (χ2n) is 7.87. The van der Waals surface area contributed by atoms with E-state index in [-0.39, 0.29) is 18.8 Å². The van der Waals surface area contributed by atoms with Crippen LogP contribution in [0.25, 0.3) is 0 Å². The normalized spacial score (nSPS) is 14.6. The fourth-order valence-electron chi connectivity index (χ4n) is 3.70. The van der Waals surface area contributed by atoms with Crippen LogP contribution in [-0.2, 0) is 23.8 Å². The molecular weight excluding hydrogens is 536 g/mol. The minimum Gasteiger partial charge on any atom is -0.477 e. The van der Waals surface area contributed by atoms with Crippen LogP contribution < -0.4 is 22.3 Å². The first-order valence-electron chi connectivity index (χ1n) is 11.6. The van der Waals surface area contributed by atoms with Crippen LogP contribution in [0, 0.1) is 0 Å². The van der Waals surface area contributed by atoms with E-state index in [0.29, 0.717) is 40.7 Å². The van der Waals surface area contributed by atoms with Crippen molar-refractivity contribution in [3.63, 3.8) is 0 Å². The number of dihydropyridines is 1. The van der Waals surface area contributed by atoms with Gasteiger partial charge < -0.3 is 35.4 Å². The van der Waals surface area contributed by atoms with Crippen molar-refractivity contribution < 1.29 is 33.7 Å². The predicted molar refractivity (Wildman–Crippen MR) is 140 cm³/mol. The van der Waals surface area contributed by atoms with Crippen molar-refractivity contribution in [1.29, 1.82) is 0 Å². The largest absolute Gasteiger partial charge is 0.477 e. The molecule has 6 N–H and O–H groups in total. The van der Waals surface area contributed by atoms with E-state index in [4.69, 9.17) is 36.7 Å². The summed E-state index contributed by atoms with van der Waals surface area (Å²) in [6.45, 7) is 4.42. The van der Waals surface area contributed by atoms with Gasteiger partial charge in [0.15, 0.2) is 0 Å². The van der Waals surface area contributed by atoms with Crippen LogP contribution in [0.15, 0.2) is 62.5 Å². The van der Waals surface area contributed by atoms with Crippen LogP contribution in [0.2, 0.25) is 5.02 Å². The van der Waals surface area contributed by atoms with Crippen LogP contribution in [0.5, 0.6) is 0 Å². The number of carbonyl (C=O) groups excluding carboxylic acids is 2. The summed E-state index contributed by atoms with van der Waals surface area (Å²) in [4.78, 5) is 60.3. The second kappa shape index (κ2) is 14.7. The van der Waals surface area contributed by atoms with Crippen LogP contribution in [-0.4, -0.2) is 66.5 Å². The number of hydrogen-bond acceptors (Lipinski definition) is 10. The Kier molecular flexibility index (Phi) is 11.7. The fraction of sp³-hybridized carbons (Fsp3) is 0.320. The Bertz CT molecular complexity index is 1370. The number of aromatic carboxylic acids is 1. The lowest BCUT2D eigenvalue weighted by molar-refractivity contribution is -0.139. The number of aromatic nitrogens is 2. The molecule has 0 saturated heterocycles. The van der Waals surface area contributed by atoms with Gasteiger partial charge >= 0.3 is 23.6 Å². The van der Waals surface area contributed by atoms with Crippen molar-refractivity contribution in [3.05, 3.63) is 90.0 Å². The molecule has 3 rings (SSSR count). The maximum atomic E-state index is 12.9. The van der Waals surface area contributed by atoms with Gasteiger partial charge in [0.05, 0.1) is 49.7 Å². The van der Waals surface area contributed by atoms with E-state index in [1.165, 1.54) is 7.11 Å². The monoisotopic (exact) mass is 564 g/mol. The number of carbonyl (C=O) groups is 3. The number of halogens is 1. The van der Waals surface area contributed by atoms with E-state index in [9.17, 15) is 24.0 Å². The van der Waals surface area contributed by atoms with Gasteiger partial charge in [-0.3, -0.25) is 9.78 Å². The Labute approximate surface area is 227 Å². The number of nitrogens with one attached hydrogen (secondary N) is 3. The highest BCUT2D eigenvalue weighted by atomic mass is 35.5. The minimum absolute atomic E-state index is 0.109. The molecule has 2 heterocycles. The highest BCUT2D eigenvalue weighted by Gasteiger charge is 2.39. The van der Waals surface area contributed by atoms with Crippen LogP contribution in [0.4, 0.5) is 0 Å². The number of nitrogens with two attached hydrogens (primary N) is 1. The zero-order valence-corrected chi connectivity index (χ0v) is 22.2. The van der Waals surface area contributed by atoms with Gasteiger partial charge in [-0.2, -0.15) is 0 Å². The molecule has 14 heteroatoms. The Morgan fingerprint density at radius 2 is 1.79 bits per heavy atom. The summed E-state index contributed by atoms with van der Waals surface area (Å²) in [5.74, 6) is -3.20. The quantitative estimate of drug-likeness (QED) is 0.215. The van der Waals surface area contributed by atoms with Gasteiger partial charge in [0.1, 0.15) is 5.69 Å². The van der Waals surface area contributed by atoms with Gasteiger partial charge in [-0.15, -0.1) is 0 Å². The number of ether oxygens (including phenoxy) is 3. The van der Waals surface area contributed by atoms with Gasteiger partial charge in [0, 0.05) is 23.3 Å². The summed E-state index contributed by atoms with van der Waals surface area (Å²) >= 11 is 6.42. The maximum absolute atomic E-state index is 12.9. The lowest BCUT2D eigenvalue weighted by atomic mass is 9.80. The molecule has 1 aromatic carbocycles. The molecule has 210 valence electrons. The summed E-state index contributed by atoms with van der Waals surface area (Å²) in [6, 6.07) is 7.84. The van der Waals surface area contributed by atoms with E-state index < -0.39 is 40.8 Å². The molecule has 1 aliphatic heterocycles. The van der Waals surface area contributed by atoms with Crippen LogP contribution in [0.3, 0.4) is 0 Å². The van der Waals surface area contributed by atoms with Crippen molar-refractivity contribution in [3.8, 4) is 0 Å². The SMILES string of the molecule is CCOC(=O)C1=C(COCCN)NC(C)=C(C(=O)OC)C1c1ccccc1Cl.O=C(O)c1cc(=O)[nH]c(=O)[nH]1. The molecule has 0 aliphatic carbocycles. The molecule has 13 nitrogen and oxygen atoms in total. The molecule has 0 amide bonds. The average Bonchev–Trinajstić information content (AvgIpc) is 2.88. The number of H-pyrrole nitrogens is 2. The predicted octanol–water partition coefficient (Wildman–Crippen LogP) is 1.03. The third-order valence-electron chi connectivity index (χ3n) is 5.26. The average molecular weight is 565 g/mol. The Morgan fingerprint density at radius 1 is 1.10 bits per heavy atom. The fourth-order valence-corrected chi connectivity index (χ4v) is 3.95. The molecule has 1 unspecified atom stereocenters. The third-order valence-corrected chi connectivity index (χ3v) is 5.61. The van der Waals surface area contributed by atoms with Crippen molar-refractivity contribution in [2.45, 2.75) is 19.8 Å². The lowest BCUT2D eigenvalue weighted by Crippen LogP contribution is -2.35. The van der Waals surface area contributed by atoms with E-state index >= 15 is 0 Å². The van der Waals surface area contributed by atoms with Gasteiger partial charge in [-0.1, -0.05) is 29.8 Å². The summed E-state index contributed by atoms with van der Waals surface area (Å²) < 4.78 is 15.8. The molecule has 1 aliphatic rings. The topological polar surface area (TPSA) is 203 Å². The number of benzene rings is 1. The van der Waals surface area contributed by atoms with E-state index in [0.717, 1.165) is 6.07 Å². The number of allylic oxidation sites excluding steroid dienone is 1.